The van der Waals surface area contributed by atoms with Crippen molar-refractivity contribution in [3.8, 4) is 23.0 Å². The third kappa shape index (κ3) is 3.69. The lowest BCUT2D eigenvalue weighted by Gasteiger charge is -2.18. The monoisotopic (exact) mass is 334 g/mol. The quantitative estimate of drug-likeness (QED) is 0.630. The van der Waals surface area contributed by atoms with Gasteiger partial charge in [0.15, 0.2) is 0 Å². The fraction of sp³-hybridized carbons (Fsp3) is 0.143. The van der Waals surface area contributed by atoms with Gasteiger partial charge in [-0.05, 0) is 67.8 Å². The topological polar surface area (TPSA) is 70.5 Å². The zero-order valence-electron chi connectivity index (χ0n) is 14.7. The van der Waals surface area contributed by atoms with E-state index < -0.39 is 0 Å². The van der Waals surface area contributed by atoms with Crippen LogP contribution in [-0.2, 0) is 0 Å². The Labute approximate surface area is 148 Å². The summed E-state index contributed by atoms with van der Waals surface area (Å²) in [5, 5.41) is 0. The normalized spacial score (nSPS) is 10.5. The summed E-state index contributed by atoms with van der Waals surface area (Å²) in [5.74, 6) is 3.05. The minimum Gasteiger partial charge on any atom is -0.457 e. The number of hydrogen-bond acceptors (Lipinski definition) is 4. The Bertz CT molecular complexity index is 920. The van der Waals surface area contributed by atoms with E-state index in [1.165, 1.54) is 0 Å². The summed E-state index contributed by atoms with van der Waals surface area (Å²) in [6, 6.07) is 16.8. The van der Waals surface area contributed by atoms with Crippen LogP contribution in [0.4, 0.5) is 11.4 Å². The Morgan fingerprint density at radius 3 is 1.80 bits per heavy atom. The molecule has 0 aliphatic rings. The molecule has 0 amide bonds. The Morgan fingerprint density at radius 2 is 1.24 bits per heavy atom. The van der Waals surface area contributed by atoms with Crippen molar-refractivity contribution in [1.29, 1.82) is 0 Å². The Balaban J connectivity index is 1.94. The van der Waals surface area contributed by atoms with Gasteiger partial charge in [-0.3, -0.25) is 0 Å². The maximum Gasteiger partial charge on any atom is 0.133 e. The lowest BCUT2D eigenvalue weighted by Crippen LogP contribution is -1.98. The molecule has 0 heterocycles. The average molecular weight is 334 g/mol. The van der Waals surface area contributed by atoms with Crippen LogP contribution < -0.4 is 20.9 Å². The number of benzene rings is 3. The standard InChI is InChI=1S/C21H22N2O2/c1-13-10-20(24-18-8-4-6-16(22)11-18)14(2)15(3)21(13)25-19-9-5-7-17(23)12-19/h4-12H,22-23H2,1-3H3. The van der Waals surface area contributed by atoms with Crippen LogP contribution >= 0.6 is 0 Å². The molecule has 4 heteroatoms. The number of anilines is 2. The van der Waals surface area contributed by atoms with Crippen molar-refractivity contribution < 1.29 is 9.47 Å². The number of nitrogen functional groups attached to an aromatic ring is 2. The second-order valence-corrected chi connectivity index (χ2v) is 6.12. The average Bonchev–Trinajstić information content (AvgIpc) is 2.56. The van der Waals surface area contributed by atoms with Crippen molar-refractivity contribution in [2.75, 3.05) is 11.5 Å². The van der Waals surface area contributed by atoms with Crippen molar-refractivity contribution in [1.82, 2.24) is 0 Å². The van der Waals surface area contributed by atoms with Crippen LogP contribution in [0.25, 0.3) is 0 Å². The highest BCUT2D eigenvalue weighted by Crippen LogP contribution is 2.38. The van der Waals surface area contributed by atoms with Crippen LogP contribution in [0.2, 0.25) is 0 Å². The van der Waals surface area contributed by atoms with Gasteiger partial charge in [-0.1, -0.05) is 12.1 Å². The van der Waals surface area contributed by atoms with E-state index in [9.17, 15) is 0 Å². The Hall–Kier alpha value is -3.14. The van der Waals surface area contributed by atoms with Gasteiger partial charge in [0, 0.05) is 23.5 Å². The van der Waals surface area contributed by atoms with E-state index in [0.717, 1.165) is 33.9 Å². The summed E-state index contributed by atoms with van der Waals surface area (Å²) in [6.07, 6.45) is 0. The molecule has 0 aliphatic heterocycles. The maximum atomic E-state index is 6.07. The van der Waals surface area contributed by atoms with Crippen molar-refractivity contribution in [3.05, 3.63) is 71.3 Å². The number of ether oxygens (including phenoxy) is 2. The fourth-order valence-corrected chi connectivity index (χ4v) is 2.69. The molecule has 0 saturated heterocycles. The van der Waals surface area contributed by atoms with Gasteiger partial charge >= 0.3 is 0 Å². The molecule has 0 aromatic heterocycles. The number of rotatable bonds is 4. The van der Waals surface area contributed by atoms with Crippen LogP contribution in [-0.4, -0.2) is 0 Å². The van der Waals surface area contributed by atoms with Crippen molar-refractivity contribution >= 4 is 11.4 Å². The first kappa shape index (κ1) is 16.7. The number of hydrogen-bond donors (Lipinski definition) is 2. The fourth-order valence-electron chi connectivity index (χ4n) is 2.69. The molecule has 128 valence electrons. The SMILES string of the molecule is Cc1cc(Oc2cccc(N)c2)c(C)c(C)c1Oc1cccc(N)c1. The Morgan fingerprint density at radius 1 is 0.680 bits per heavy atom. The predicted octanol–water partition coefficient (Wildman–Crippen LogP) is 5.36. The minimum absolute atomic E-state index is 0.671. The largest absolute Gasteiger partial charge is 0.457 e. The van der Waals surface area contributed by atoms with E-state index in [2.05, 4.69) is 0 Å². The van der Waals surface area contributed by atoms with Crippen molar-refractivity contribution in [2.24, 2.45) is 0 Å². The van der Waals surface area contributed by atoms with E-state index in [4.69, 9.17) is 20.9 Å². The van der Waals surface area contributed by atoms with Gasteiger partial charge in [0.1, 0.15) is 23.0 Å². The minimum atomic E-state index is 0.671. The zero-order valence-corrected chi connectivity index (χ0v) is 14.7. The zero-order chi connectivity index (χ0) is 18.0. The molecular weight excluding hydrogens is 312 g/mol. The van der Waals surface area contributed by atoms with E-state index in [1.54, 1.807) is 6.07 Å². The summed E-state index contributed by atoms with van der Waals surface area (Å²) in [7, 11) is 0. The summed E-state index contributed by atoms with van der Waals surface area (Å²) in [4.78, 5) is 0. The first-order valence-corrected chi connectivity index (χ1v) is 8.11. The number of nitrogens with two attached hydrogens (primary N) is 2. The van der Waals surface area contributed by atoms with E-state index in [-0.39, 0.29) is 0 Å². The molecule has 0 bridgehead atoms. The summed E-state index contributed by atoms with van der Waals surface area (Å²) < 4.78 is 12.1. The van der Waals surface area contributed by atoms with Crippen molar-refractivity contribution in [2.45, 2.75) is 20.8 Å². The van der Waals surface area contributed by atoms with E-state index >= 15 is 0 Å². The molecule has 0 spiro atoms. The molecule has 3 rings (SSSR count). The van der Waals surface area contributed by atoms with Gasteiger partial charge in [-0.25, -0.2) is 0 Å². The molecule has 4 nitrogen and oxygen atoms in total. The van der Waals surface area contributed by atoms with Crippen molar-refractivity contribution in [3.63, 3.8) is 0 Å². The summed E-state index contributed by atoms with van der Waals surface area (Å²) in [5.41, 5.74) is 16.0. The van der Waals surface area contributed by atoms with E-state index in [1.807, 2.05) is 69.3 Å². The lowest BCUT2D eigenvalue weighted by molar-refractivity contribution is 0.460. The second-order valence-electron chi connectivity index (χ2n) is 6.12. The third-order valence-corrected chi connectivity index (χ3v) is 4.14. The Kier molecular flexibility index (Phi) is 4.52. The van der Waals surface area contributed by atoms with Gasteiger partial charge in [-0.15, -0.1) is 0 Å². The van der Waals surface area contributed by atoms with Gasteiger partial charge in [0.05, 0.1) is 0 Å². The van der Waals surface area contributed by atoms with Crippen LogP contribution in [0.1, 0.15) is 16.7 Å². The molecule has 0 aliphatic carbocycles. The third-order valence-electron chi connectivity index (χ3n) is 4.14. The number of aryl methyl sites for hydroxylation is 1. The summed E-state index contributed by atoms with van der Waals surface area (Å²) in [6.45, 7) is 6.04. The second kappa shape index (κ2) is 6.77. The predicted molar refractivity (Wildman–Crippen MR) is 103 cm³/mol. The highest BCUT2D eigenvalue weighted by Gasteiger charge is 2.14. The molecule has 25 heavy (non-hydrogen) atoms. The van der Waals surface area contributed by atoms with Crippen LogP contribution in [0.5, 0.6) is 23.0 Å². The molecule has 4 N–H and O–H groups in total. The molecule has 0 unspecified atom stereocenters. The first-order valence-electron chi connectivity index (χ1n) is 8.11. The van der Waals surface area contributed by atoms with Crippen LogP contribution in [0.15, 0.2) is 54.6 Å². The van der Waals surface area contributed by atoms with Gasteiger partial charge in [0.2, 0.25) is 0 Å². The molecule has 0 saturated carbocycles. The molecule has 0 fully saturated rings. The highest BCUT2D eigenvalue weighted by molar-refractivity contribution is 5.56. The molecule has 0 atom stereocenters. The van der Waals surface area contributed by atoms with Crippen LogP contribution in [0, 0.1) is 20.8 Å². The van der Waals surface area contributed by atoms with Gasteiger partial charge < -0.3 is 20.9 Å². The molecule has 3 aromatic carbocycles. The smallest absolute Gasteiger partial charge is 0.133 e. The molecule has 3 aromatic rings. The van der Waals surface area contributed by atoms with Gasteiger partial charge in [0.25, 0.3) is 0 Å². The van der Waals surface area contributed by atoms with E-state index in [0.29, 0.717) is 17.1 Å². The maximum absolute atomic E-state index is 6.07. The lowest BCUT2D eigenvalue weighted by atomic mass is 10.0. The summed E-state index contributed by atoms with van der Waals surface area (Å²) >= 11 is 0. The van der Waals surface area contributed by atoms with Crippen LogP contribution in [0.3, 0.4) is 0 Å². The first-order chi connectivity index (χ1) is 11.9. The van der Waals surface area contributed by atoms with Gasteiger partial charge in [-0.2, -0.15) is 0 Å². The highest BCUT2D eigenvalue weighted by atomic mass is 16.5. The molecule has 0 radical (unpaired) electrons. The molecular formula is C21H22N2O2.